The smallest absolute Gasteiger partial charge is 0.179 e. The molecular formula is C13H22O2. The minimum Gasteiger partial charge on any atom is -0.364 e. The van der Waals surface area contributed by atoms with E-state index in [1.54, 1.807) is 0 Å². The summed E-state index contributed by atoms with van der Waals surface area (Å²) in [6, 6.07) is 0. The van der Waals surface area contributed by atoms with Crippen LogP contribution in [-0.2, 0) is 4.74 Å². The summed E-state index contributed by atoms with van der Waals surface area (Å²) >= 11 is 0. The minimum absolute atomic E-state index is 0.135. The zero-order chi connectivity index (χ0) is 11.1. The standard InChI is InChI=1S/C13H22O2/c1-3-5-6-9-12(4-2)13(14)10-7-8-11-15-13/h2,12,14H,3,5-11H2,1H3/t12?,13-/m1/s1. The van der Waals surface area contributed by atoms with Gasteiger partial charge in [0.25, 0.3) is 0 Å². The van der Waals surface area contributed by atoms with E-state index in [9.17, 15) is 5.11 Å². The van der Waals surface area contributed by atoms with Gasteiger partial charge < -0.3 is 9.84 Å². The van der Waals surface area contributed by atoms with Crippen LogP contribution in [0.4, 0.5) is 0 Å². The van der Waals surface area contributed by atoms with Crippen LogP contribution in [0.1, 0.15) is 51.9 Å². The van der Waals surface area contributed by atoms with Gasteiger partial charge in [-0.15, -0.1) is 6.42 Å². The van der Waals surface area contributed by atoms with Crippen molar-refractivity contribution in [3.8, 4) is 12.3 Å². The summed E-state index contributed by atoms with van der Waals surface area (Å²) in [6.45, 7) is 2.80. The summed E-state index contributed by atoms with van der Waals surface area (Å²) in [4.78, 5) is 0. The number of ether oxygens (including phenoxy) is 1. The van der Waals surface area contributed by atoms with Crippen LogP contribution >= 0.6 is 0 Å². The summed E-state index contributed by atoms with van der Waals surface area (Å²) in [5, 5.41) is 10.3. The quantitative estimate of drug-likeness (QED) is 0.558. The van der Waals surface area contributed by atoms with E-state index in [0.29, 0.717) is 13.0 Å². The average molecular weight is 210 g/mol. The van der Waals surface area contributed by atoms with E-state index < -0.39 is 5.79 Å². The summed E-state index contributed by atoms with van der Waals surface area (Å²) in [5.74, 6) is 1.52. The fourth-order valence-electron chi connectivity index (χ4n) is 2.11. The van der Waals surface area contributed by atoms with E-state index in [1.807, 2.05) is 0 Å². The molecule has 2 nitrogen and oxygen atoms in total. The number of terminal acetylenes is 1. The molecule has 2 heteroatoms. The molecule has 1 heterocycles. The van der Waals surface area contributed by atoms with Gasteiger partial charge in [0.15, 0.2) is 5.79 Å². The molecule has 0 aromatic carbocycles. The average Bonchev–Trinajstić information content (AvgIpc) is 2.25. The second-order valence-electron chi connectivity index (χ2n) is 4.37. The number of rotatable bonds is 5. The lowest BCUT2D eigenvalue weighted by molar-refractivity contribution is -0.246. The summed E-state index contributed by atoms with van der Waals surface area (Å²) < 4.78 is 5.46. The first-order chi connectivity index (χ1) is 7.23. The molecule has 0 amide bonds. The van der Waals surface area contributed by atoms with Crippen molar-refractivity contribution in [3.05, 3.63) is 0 Å². The lowest BCUT2D eigenvalue weighted by atomic mass is 9.88. The molecule has 0 aliphatic carbocycles. The third-order valence-corrected chi connectivity index (χ3v) is 3.12. The van der Waals surface area contributed by atoms with Crippen molar-refractivity contribution >= 4 is 0 Å². The Hall–Kier alpha value is -0.520. The highest BCUT2D eigenvalue weighted by atomic mass is 16.6. The van der Waals surface area contributed by atoms with Gasteiger partial charge in [-0.3, -0.25) is 0 Å². The third-order valence-electron chi connectivity index (χ3n) is 3.12. The number of hydrogen-bond donors (Lipinski definition) is 1. The van der Waals surface area contributed by atoms with Gasteiger partial charge in [0.05, 0.1) is 12.5 Å². The minimum atomic E-state index is -1.04. The second kappa shape index (κ2) is 6.15. The summed E-state index contributed by atoms with van der Waals surface area (Å²) in [6.07, 6.45) is 12.5. The molecule has 86 valence electrons. The highest BCUT2D eigenvalue weighted by Crippen LogP contribution is 2.32. The Morgan fingerprint density at radius 3 is 2.80 bits per heavy atom. The first kappa shape index (κ1) is 12.5. The largest absolute Gasteiger partial charge is 0.364 e. The normalized spacial score (nSPS) is 28.3. The van der Waals surface area contributed by atoms with Gasteiger partial charge >= 0.3 is 0 Å². The Morgan fingerprint density at radius 1 is 1.47 bits per heavy atom. The third kappa shape index (κ3) is 3.52. The van der Waals surface area contributed by atoms with E-state index in [1.165, 1.54) is 12.8 Å². The van der Waals surface area contributed by atoms with Gasteiger partial charge in [0.2, 0.25) is 0 Å². The highest BCUT2D eigenvalue weighted by Gasteiger charge is 2.37. The van der Waals surface area contributed by atoms with Gasteiger partial charge in [-0.2, -0.15) is 0 Å². The SMILES string of the molecule is C#CC(CCCCC)[C@@]1(O)CCCCO1. The highest BCUT2D eigenvalue weighted by molar-refractivity contribution is 5.01. The molecule has 0 radical (unpaired) electrons. The number of unbranched alkanes of at least 4 members (excludes halogenated alkanes) is 2. The first-order valence-corrected chi connectivity index (χ1v) is 6.05. The van der Waals surface area contributed by atoms with Crippen LogP contribution < -0.4 is 0 Å². The van der Waals surface area contributed by atoms with Crippen LogP contribution in [0.5, 0.6) is 0 Å². The van der Waals surface area contributed by atoms with Crippen molar-refractivity contribution < 1.29 is 9.84 Å². The monoisotopic (exact) mass is 210 g/mol. The molecule has 1 unspecified atom stereocenters. The predicted molar refractivity (Wildman–Crippen MR) is 61.2 cm³/mol. The van der Waals surface area contributed by atoms with Crippen LogP contribution in [0.3, 0.4) is 0 Å². The molecule has 0 spiro atoms. The first-order valence-electron chi connectivity index (χ1n) is 6.05. The van der Waals surface area contributed by atoms with Crippen LogP contribution in [0, 0.1) is 18.3 Å². The summed E-state index contributed by atoms with van der Waals surface area (Å²) in [5.41, 5.74) is 0. The Balaban J connectivity index is 2.45. The topological polar surface area (TPSA) is 29.5 Å². The van der Waals surface area contributed by atoms with Crippen molar-refractivity contribution in [2.24, 2.45) is 5.92 Å². The molecule has 1 rings (SSSR count). The second-order valence-corrected chi connectivity index (χ2v) is 4.37. The van der Waals surface area contributed by atoms with E-state index in [2.05, 4.69) is 12.8 Å². The van der Waals surface area contributed by atoms with Crippen molar-refractivity contribution in [3.63, 3.8) is 0 Å². The molecular weight excluding hydrogens is 188 g/mol. The van der Waals surface area contributed by atoms with E-state index in [0.717, 1.165) is 25.7 Å². The maximum Gasteiger partial charge on any atom is 0.179 e. The lowest BCUT2D eigenvalue weighted by Crippen LogP contribution is -2.43. The molecule has 0 aromatic heterocycles. The van der Waals surface area contributed by atoms with Crippen LogP contribution in [0.25, 0.3) is 0 Å². The van der Waals surface area contributed by atoms with Gasteiger partial charge in [0.1, 0.15) is 0 Å². The van der Waals surface area contributed by atoms with Gasteiger partial charge in [-0.1, -0.05) is 32.1 Å². The van der Waals surface area contributed by atoms with Crippen molar-refractivity contribution in [2.45, 2.75) is 57.7 Å². The molecule has 1 aliphatic rings. The zero-order valence-corrected chi connectivity index (χ0v) is 9.67. The Bertz CT molecular complexity index is 211. The number of aliphatic hydroxyl groups is 1. The van der Waals surface area contributed by atoms with E-state index in [-0.39, 0.29) is 5.92 Å². The molecule has 1 fully saturated rings. The molecule has 1 aliphatic heterocycles. The zero-order valence-electron chi connectivity index (χ0n) is 9.67. The Labute approximate surface area is 93.0 Å². The fraction of sp³-hybridized carbons (Fsp3) is 0.846. The fourth-order valence-corrected chi connectivity index (χ4v) is 2.11. The molecule has 1 saturated heterocycles. The van der Waals surface area contributed by atoms with Crippen molar-refractivity contribution in [1.29, 1.82) is 0 Å². The molecule has 2 atom stereocenters. The van der Waals surface area contributed by atoms with Crippen LogP contribution in [-0.4, -0.2) is 17.5 Å². The molecule has 15 heavy (non-hydrogen) atoms. The maximum atomic E-state index is 10.3. The van der Waals surface area contributed by atoms with Crippen LogP contribution in [0.15, 0.2) is 0 Å². The molecule has 0 saturated carbocycles. The van der Waals surface area contributed by atoms with E-state index in [4.69, 9.17) is 11.2 Å². The Morgan fingerprint density at radius 2 is 2.27 bits per heavy atom. The Kier molecular flexibility index (Phi) is 5.14. The van der Waals surface area contributed by atoms with Crippen molar-refractivity contribution in [2.75, 3.05) is 6.61 Å². The van der Waals surface area contributed by atoms with Crippen molar-refractivity contribution in [1.82, 2.24) is 0 Å². The molecule has 0 aromatic rings. The van der Waals surface area contributed by atoms with Gasteiger partial charge in [-0.25, -0.2) is 0 Å². The summed E-state index contributed by atoms with van der Waals surface area (Å²) in [7, 11) is 0. The lowest BCUT2D eigenvalue weighted by Gasteiger charge is -2.36. The van der Waals surface area contributed by atoms with E-state index >= 15 is 0 Å². The number of hydrogen-bond acceptors (Lipinski definition) is 2. The predicted octanol–water partition coefficient (Wildman–Crippen LogP) is 2.71. The van der Waals surface area contributed by atoms with Gasteiger partial charge in [0, 0.05) is 6.42 Å². The maximum absolute atomic E-state index is 10.3. The van der Waals surface area contributed by atoms with Crippen LogP contribution in [0.2, 0.25) is 0 Å². The molecule has 1 N–H and O–H groups in total. The van der Waals surface area contributed by atoms with Gasteiger partial charge in [-0.05, 0) is 19.3 Å². The molecule has 0 bridgehead atoms.